The minimum Gasteiger partial charge on any atom is -0.477 e. The van der Waals surface area contributed by atoms with Crippen molar-refractivity contribution in [2.75, 3.05) is 39.3 Å². The maximum atomic E-state index is 12.7. The van der Waals surface area contributed by atoms with E-state index in [9.17, 15) is 14.7 Å². The first-order valence-corrected chi connectivity index (χ1v) is 10.8. The lowest BCUT2D eigenvalue weighted by Gasteiger charge is -2.44. The summed E-state index contributed by atoms with van der Waals surface area (Å²) in [5.41, 5.74) is 0.738. The van der Waals surface area contributed by atoms with Gasteiger partial charge in [0.05, 0.1) is 25.4 Å². The Morgan fingerprint density at radius 3 is 2.57 bits per heavy atom. The molecule has 3 aliphatic heterocycles. The van der Waals surface area contributed by atoms with Crippen LogP contribution in [0.3, 0.4) is 0 Å². The molecule has 1 amide bonds. The van der Waals surface area contributed by atoms with Gasteiger partial charge in [-0.3, -0.25) is 9.69 Å². The second-order valence-electron chi connectivity index (χ2n) is 8.20. The fourth-order valence-corrected chi connectivity index (χ4v) is 5.89. The number of ether oxygens (including phenoxy) is 2. The van der Waals surface area contributed by atoms with Crippen molar-refractivity contribution in [2.24, 2.45) is 0 Å². The zero-order valence-corrected chi connectivity index (χ0v) is 17.3. The van der Waals surface area contributed by atoms with Crippen molar-refractivity contribution < 1.29 is 24.2 Å². The van der Waals surface area contributed by atoms with Gasteiger partial charge < -0.3 is 19.5 Å². The van der Waals surface area contributed by atoms with Crippen molar-refractivity contribution in [1.82, 2.24) is 9.80 Å². The van der Waals surface area contributed by atoms with Gasteiger partial charge in [-0.2, -0.15) is 0 Å². The summed E-state index contributed by atoms with van der Waals surface area (Å²) in [7, 11) is 0. The average Bonchev–Trinajstić information content (AvgIpc) is 3.09. The van der Waals surface area contributed by atoms with Crippen LogP contribution in [0.5, 0.6) is 0 Å². The Morgan fingerprint density at radius 2 is 1.93 bits per heavy atom. The monoisotopic (exact) mass is 408 g/mol. The van der Waals surface area contributed by atoms with Crippen LogP contribution in [0.1, 0.15) is 46.8 Å². The summed E-state index contributed by atoms with van der Waals surface area (Å²) >= 11 is 1.35. The number of carboxylic acid groups (broad SMARTS) is 1. The number of piperidine rings is 1. The summed E-state index contributed by atoms with van der Waals surface area (Å²) in [6, 6.07) is 1.81. The number of carbonyl (C=O) groups is 2. The molecule has 3 aliphatic rings. The number of thiophene rings is 1. The molecular formula is C20H28N2O5S. The normalized spacial score (nSPS) is 27.6. The van der Waals surface area contributed by atoms with Crippen molar-refractivity contribution in [2.45, 2.75) is 50.9 Å². The molecule has 28 heavy (non-hydrogen) atoms. The molecule has 0 aromatic carbocycles. The first-order chi connectivity index (χ1) is 13.4. The maximum Gasteiger partial charge on any atom is 0.345 e. The lowest BCUT2D eigenvalue weighted by molar-refractivity contribution is -0.146. The highest BCUT2D eigenvalue weighted by atomic mass is 32.1. The maximum absolute atomic E-state index is 12.7. The molecule has 0 radical (unpaired) electrons. The minimum atomic E-state index is -0.869. The van der Waals surface area contributed by atoms with Crippen molar-refractivity contribution >= 4 is 23.2 Å². The third-order valence-corrected chi connectivity index (χ3v) is 7.33. The quantitative estimate of drug-likeness (QED) is 0.824. The number of morpholine rings is 1. The first-order valence-electron chi connectivity index (χ1n) is 10.0. The fourth-order valence-electron chi connectivity index (χ4n) is 4.64. The topological polar surface area (TPSA) is 79.3 Å². The largest absolute Gasteiger partial charge is 0.477 e. The number of fused-ring (bicyclic) bond motifs is 2. The lowest BCUT2D eigenvalue weighted by Crippen LogP contribution is -2.53. The number of amides is 1. The predicted octanol–water partition coefficient (Wildman–Crippen LogP) is 1.95. The summed E-state index contributed by atoms with van der Waals surface area (Å²) in [6.45, 7) is 7.93. The van der Waals surface area contributed by atoms with E-state index in [0.29, 0.717) is 31.1 Å². The summed E-state index contributed by atoms with van der Waals surface area (Å²) in [5.74, 6) is -0.709. The van der Waals surface area contributed by atoms with Gasteiger partial charge in [0.2, 0.25) is 5.91 Å². The van der Waals surface area contributed by atoms with Crippen molar-refractivity contribution in [3.63, 3.8) is 0 Å². The second kappa shape index (κ2) is 7.74. The van der Waals surface area contributed by atoms with Crippen LogP contribution in [0.15, 0.2) is 6.07 Å². The summed E-state index contributed by atoms with van der Waals surface area (Å²) in [5, 5.41) is 9.33. The molecular weight excluding hydrogens is 380 g/mol. The predicted molar refractivity (Wildman–Crippen MR) is 105 cm³/mol. The molecule has 154 valence electrons. The van der Waals surface area contributed by atoms with Gasteiger partial charge in [-0.25, -0.2) is 4.79 Å². The number of aromatic carboxylic acids is 1. The molecule has 0 unspecified atom stereocenters. The van der Waals surface area contributed by atoms with E-state index < -0.39 is 5.97 Å². The number of carbonyl (C=O) groups excluding carboxylic acids is 1. The van der Waals surface area contributed by atoms with Gasteiger partial charge in [-0.1, -0.05) is 0 Å². The van der Waals surface area contributed by atoms with Crippen LogP contribution in [0.4, 0.5) is 0 Å². The molecule has 0 aliphatic carbocycles. The number of rotatable bonds is 3. The summed E-state index contributed by atoms with van der Waals surface area (Å²) in [6.07, 6.45) is 2.52. The van der Waals surface area contributed by atoms with Gasteiger partial charge in [0.25, 0.3) is 0 Å². The number of likely N-dealkylation sites (tertiary alicyclic amines) is 1. The zero-order valence-electron chi connectivity index (χ0n) is 16.5. The molecule has 0 saturated carbocycles. The standard InChI is InChI=1S/C20H28N2O5S/c1-13-10-22(11-14(2)27-13)17(23)12-21-6-4-20(5-7-21)18-15(3-8-26-20)9-16(28-18)19(24)25/h9,13-14H,3-8,10-12H2,1-2H3,(H,24,25)/t13-,14+. The molecule has 2 fully saturated rings. The molecule has 4 rings (SSSR count). The highest BCUT2D eigenvalue weighted by Gasteiger charge is 2.43. The summed E-state index contributed by atoms with van der Waals surface area (Å²) < 4.78 is 11.9. The van der Waals surface area contributed by atoms with Crippen LogP contribution in [0.25, 0.3) is 0 Å². The molecule has 0 bridgehead atoms. The molecule has 1 spiro atoms. The van der Waals surface area contributed by atoms with Crippen molar-refractivity contribution in [1.29, 1.82) is 0 Å². The van der Waals surface area contributed by atoms with Crippen LogP contribution in [-0.4, -0.2) is 78.3 Å². The summed E-state index contributed by atoms with van der Waals surface area (Å²) in [4.78, 5) is 29.7. The zero-order chi connectivity index (χ0) is 19.9. The number of hydrogen-bond acceptors (Lipinski definition) is 6. The van der Waals surface area contributed by atoms with Gasteiger partial charge in [0, 0.05) is 31.1 Å². The van der Waals surface area contributed by atoms with Gasteiger partial charge in [0.15, 0.2) is 0 Å². The third-order valence-electron chi connectivity index (χ3n) is 5.98. The van der Waals surface area contributed by atoms with Crippen molar-refractivity contribution in [3.05, 3.63) is 21.4 Å². The van der Waals surface area contributed by atoms with Crippen LogP contribution >= 0.6 is 11.3 Å². The number of carboxylic acids is 1. The van der Waals surface area contributed by atoms with E-state index in [1.165, 1.54) is 11.3 Å². The minimum absolute atomic E-state index is 0.0774. The van der Waals surface area contributed by atoms with E-state index in [0.717, 1.165) is 42.8 Å². The van der Waals surface area contributed by atoms with E-state index in [1.807, 2.05) is 24.8 Å². The van der Waals surface area contributed by atoms with Crippen LogP contribution in [-0.2, 0) is 26.3 Å². The SMILES string of the molecule is C[C@@H]1CN(C(=O)CN2CCC3(CC2)OCCc2cc(C(=O)O)sc23)C[C@H](C)O1. The van der Waals surface area contributed by atoms with E-state index >= 15 is 0 Å². The van der Waals surface area contributed by atoms with Gasteiger partial charge in [-0.15, -0.1) is 11.3 Å². The van der Waals surface area contributed by atoms with Gasteiger partial charge >= 0.3 is 5.97 Å². The number of hydrogen-bond donors (Lipinski definition) is 1. The molecule has 1 aromatic rings. The average molecular weight is 409 g/mol. The highest BCUT2D eigenvalue weighted by molar-refractivity contribution is 7.14. The molecule has 8 heteroatoms. The van der Waals surface area contributed by atoms with E-state index in [4.69, 9.17) is 9.47 Å². The molecule has 1 N–H and O–H groups in total. The highest BCUT2D eigenvalue weighted by Crippen LogP contribution is 2.45. The Morgan fingerprint density at radius 1 is 1.25 bits per heavy atom. The Hall–Kier alpha value is -1.48. The first kappa shape index (κ1) is 19.8. The Balaban J connectivity index is 1.39. The lowest BCUT2D eigenvalue weighted by atomic mass is 9.85. The van der Waals surface area contributed by atoms with Gasteiger partial charge in [-0.05, 0) is 44.7 Å². The molecule has 7 nitrogen and oxygen atoms in total. The fraction of sp³-hybridized carbons (Fsp3) is 0.700. The van der Waals surface area contributed by atoms with Crippen LogP contribution in [0, 0.1) is 0 Å². The second-order valence-corrected chi connectivity index (χ2v) is 9.25. The van der Waals surface area contributed by atoms with E-state index in [-0.39, 0.29) is 23.7 Å². The molecule has 2 atom stereocenters. The molecule has 2 saturated heterocycles. The Kier molecular flexibility index (Phi) is 5.48. The Bertz CT molecular complexity index is 746. The van der Waals surface area contributed by atoms with Gasteiger partial charge in [0.1, 0.15) is 10.5 Å². The third kappa shape index (κ3) is 3.83. The number of nitrogens with zero attached hydrogens (tertiary/aromatic N) is 2. The Labute approximate surface area is 169 Å². The molecule has 4 heterocycles. The van der Waals surface area contributed by atoms with E-state index in [2.05, 4.69) is 4.90 Å². The van der Waals surface area contributed by atoms with Crippen LogP contribution < -0.4 is 0 Å². The van der Waals surface area contributed by atoms with Crippen molar-refractivity contribution in [3.8, 4) is 0 Å². The van der Waals surface area contributed by atoms with Crippen LogP contribution in [0.2, 0.25) is 0 Å². The molecule has 1 aromatic heterocycles. The smallest absolute Gasteiger partial charge is 0.345 e. The van der Waals surface area contributed by atoms with E-state index in [1.54, 1.807) is 0 Å².